The maximum atomic E-state index is 4.48. The van der Waals surface area contributed by atoms with E-state index in [1.54, 1.807) is 0 Å². The summed E-state index contributed by atoms with van der Waals surface area (Å²) in [5.41, 5.74) is 2.34. The highest BCUT2D eigenvalue weighted by Gasteiger charge is 2.18. The lowest BCUT2D eigenvalue weighted by Crippen LogP contribution is -2.29. The van der Waals surface area contributed by atoms with Crippen LogP contribution in [0.3, 0.4) is 0 Å². The van der Waals surface area contributed by atoms with E-state index in [4.69, 9.17) is 0 Å². The largest absolute Gasteiger partial charge is 0.317 e. The van der Waals surface area contributed by atoms with Crippen molar-refractivity contribution in [1.82, 2.24) is 30.0 Å². The number of rotatable bonds is 6. The minimum atomic E-state index is 0.725. The van der Waals surface area contributed by atoms with E-state index >= 15 is 0 Å². The van der Waals surface area contributed by atoms with Gasteiger partial charge in [0.15, 0.2) is 0 Å². The third-order valence-corrected chi connectivity index (χ3v) is 5.57. The second kappa shape index (κ2) is 8.15. The van der Waals surface area contributed by atoms with Crippen molar-refractivity contribution in [3.63, 3.8) is 0 Å². The normalized spacial score (nSPS) is 15.7. The van der Waals surface area contributed by atoms with Crippen molar-refractivity contribution in [2.75, 3.05) is 20.1 Å². The van der Waals surface area contributed by atoms with Gasteiger partial charge in [0.2, 0.25) is 0 Å². The molecule has 1 aromatic carbocycles. The Morgan fingerprint density at radius 1 is 1.07 bits per heavy atom. The van der Waals surface area contributed by atoms with Crippen LogP contribution in [0.5, 0.6) is 0 Å². The molecule has 1 N–H and O–H groups in total. The van der Waals surface area contributed by atoms with Crippen LogP contribution in [-0.2, 0) is 26.6 Å². The molecule has 0 atom stereocenters. The SMILES string of the molecule is CN(Cc1cccc2ncccc12)Cc1nnc(CC2CCNCC2)n1C. The number of nitrogens with one attached hydrogen (secondary N) is 1. The monoisotopic (exact) mass is 364 g/mol. The van der Waals surface area contributed by atoms with Crippen LogP contribution < -0.4 is 5.32 Å². The van der Waals surface area contributed by atoms with Crippen molar-refractivity contribution in [3.05, 3.63) is 53.7 Å². The molecule has 142 valence electrons. The van der Waals surface area contributed by atoms with Crippen LogP contribution in [0.1, 0.15) is 30.1 Å². The third-order valence-electron chi connectivity index (χ3n) is 5.57. The Kier molecular flexibility index (Phi) is 5.45. The molecule has 0 saturated carbocycles. The van der Waals surface area contributed by atoms with Crippen LogP contribution in [0.4, 0.5) is 0 Å². The van der Waals surface area contributed by atoms with Crippen molar-refractivity contribution in [3.8, 4) is 0 Å². The minimum Gasteiger partial charge on any atom is -0.317 e. The summed E-state index contributed by atoms with van der Waals surface area (Å²) in [5.74, 6) is 2.86. The minimum absolute atomic E-state index is 0.725. The summed E-state index contributed by atoms with van der Waals surface area (Å²) >= 11 is 0. The first-order chi connectivity index (χ1) is 13.2. The van der Waals surface area contributed by atoms with Gasteiger partial charge in [0.05, 0.1) is 12.1 Å². The standard InChI is InChI=1S/C21H28N6/c1-26(14-17-5-3-7-19-18(17)6-4-10-23-19)15-21-25-24-20(27(21)2)13-16-8-11-22-12-9-16/h3-7,10,16,22H,8-9,11-15H2,1-2H3. The topological polar surface area (TPSA) is 58.9 Å². The van der Waals surface area contributed by atoms with Crippen molar-refractivity contribution in [1.29, 1.82) is 0 Å². The Labute approximate surface area is 160 Å². The van der Waals surface area contributed by atoms with Crippen LogP contribution in [0, 0.1) is 5.92 Å². The fraction of sp³-hybridized carbons (Fsp3) is 0.476. The van der Waals surface area contributed by atoms with Gasteiger partial charge in [-0.1, -0.05) is 18.2 Å². The molecule has 1 fully saturated rings. The van der Waals surface area contributed by atoms with Gasteiger partial charge in [-0.15, -0.1) is 10.2 Å². The van der Waals surface area contributed by atoms with Crippen LogP contribution in [0.2, 0.25) is 0 Å². The summed E-state index contributed by atoms with van der Waals surface area (Å²) < 4.78 is 2.18. The highest BCUT2D eigenvalue weighted by Crippen LogP contribution is 2.20. The molecular formula is C21H28N6. The van der Waals surface area contributed by atoms with Crippen molar-refractivity contribution >= 4 is 10.9 Å². The van der Waals surface area contributed by atoms with Crippen molar-refractivity contribution in [2.45, 2.75) is 32.4 Å². The number of nitrogens with zero attached hydrogens (tertiary/aromatic N) is 5. The summed E-state index contributed by atoms with van der Waals surface area (Å²) in [5, 5.41) is 13.6. The summed E-state index contributed by atoms with van der Waals surface area (Å²) in [4.78, 5) is 6.75. The van der Waals surface area contributed by atoms with Crippen molar-refractivity contribution in [2.24, 2.45) is 13.0 Å². The molecule has 2 aromatic heterocycles. The number of fused-ring (bicyclic) bond motifs is 1. The lowest BCUT2D eigenvalue weighted by molar-refractivity contribution is 0.306. The van der Waals surface area contributed by atoms with Gasteiger partial charge in [-0.2, -0.15) is 0 Å². The Bertz CT molecular complexity index is 891. The van der Waals surface area contributed by atoms with E-state index in [-0.39, 0.29) is 0 Å². The predicted octanol–water partition coefficient (Wildman–Crippen LogP) is 2.54. The molecule has 6 nitrogen and oxygen atoms in total. The molecule has 1 aliphatic rings. The predicted molar refractivity (Wildman–Crippen MR) is 107 cm³/mol. The Balaban J connectivity index is 1.43. The Hall–Kier alpha value is -2.31. The second-order valence-electron chi connectivity index (χ2n) is 7.65. The zero-order valence-corrected chi connectivity index (χ0v) is 16.2. The van der Waals surface area contributed by atoms with Gasteiger partial charge in [-0.05, 0) is 56.6 Å². The Morgan fingerprint density at radius 2 is 1.89 bits per heavy atom. The maximum absolute atomic E-state index is 4.48. The lowest BCUT2D eigenvalue weighted by Gasteiger charge is -2.22. The van der Waals surface area contributed by atoms with E-state index in [1.807, 2.05) is 12.3 Å². The van der Waals surface area contributed by atoms with Crippen LogP contribution >= 0.6 is 0 Å². The summed E-state index contributed by atoms with van der Waals surface area (Å²) in [7, 11) is 4.23. The molecule has 0 spiro atoms. The van der Waals surface area contributed by atoms with Gasteiger partial charge < -0.3 is 9.88 Å². The fourth-order valence-electron chi connectivity index (χ4n) is 3.95. The van der Waals surface area contributed by atoms with E-state index in [1.165, 1.54) is 23.8 Å². The van der Waals surface area contributed by atoms with E-state index in [2.05, 4.69) is 68.3 Å². The maximum Gasteiger partial charge on any atom is 0.146 e. The van der Waals surface area contributed by atoms with E-state index < -0.39 is 0 Å². The molecule has 0 bridgehead atoms. The number of pyridine rings is 1. The molecule has 1 saturated heterocycles. The number of aromatic nitrogens is 4. The summed E-state index contributed by atoms with van der Waals surface area (Å²) in [6.07, 6.45) is 5.34. The van der Waals surface area contributed by atoms with Crippen LogP contribution in [-0.4, -0.2) is 44.8 Å². The highest BCUT2D eigenvalue weighted by molar-refractivity contribution is 5.81. The molecular weight excluding hydrogens is 336 g/mol. The molecule has 6 heteroatoms. The van der Waals surface area contributed by atoms with Gasteiger partial charge >= 0.3 is 0 Å². The first-order valence-electron chi connectivity index (χ1n) is 9.79. The molecule has 1 aliphatic heterocycles. The average molecular weight is 364 g/mol. The molecule has 0 amide bonds. The van der Waals surface area contributed by atoms with Crippen molar-refractivity contribution < 1.29 is 0 Å². The smallest absolute Gasteiger partial charge is 0.146 e. The Morgan fingerprint density at radius 3 is 2.74 bits per heavy atom. The van der Waals surface area contributed by atoms with E-state index in [0.717, 1.165) is 55.7 Å². The third kappa shape index (κ3) is 4.17. The van der Waals surface area contributed by atoms with Gasteiger partial charge in [-0.25, -0.2) is 0 Å². The first kappa shape index (κ1) is 18.1. The first-order valence-corrected chi connectivity index (χ1v) is 9.79. The molecule has 4 rings (SSSR count). The fourth-order valence-corrected chi connectivity index (χ4v) is 3.95. The average Bonchev–Trinajstić information content (AvgIpc) is 3.02. The molecule has 3 aromatic rings. The quantitative estimate of drug-likeness (QED) is 0.728. The number of hydrogen-bond acceptors (Lipinski definition) is 5. The molecule has 0 aliphatic carbocycles. The van der Waals surface area contributed by atoms with Crippen LogP contribution in [0.15, 0.2) is 36.5 Å². The second-order valence-corrected chi connectivity index (χ2v) is 7.65. The molecule has 27 heavy (non-hydrogen) atoms. The summed E-state index contributed by atoms with van der Waals surface area (Å²) in [6, 6.07) is 10.5. The number of benzene rings is 1. The zero-order chi connectivity index (χ0) is 18.6. The molecule has 3 heterocycles. The van der Waals surface area contributed by atoms with Gasteiger partial charge in [0.25, 0.3) is 0 Å². The molecule has 0 unspecified atom stereocenters. The molecule has 0 radical (unpaired) electrons. The summed E-state index contributed by atoms with van der Waals surface area (Å²) in [6.45, 7) is 3.89. The van der Waals surface area contributed by atoms with Gasteiger partial charge in [0, 0.05) is 31.6 Å². The number of hydrogen-bond donors (Lipinski definition) is 1. The highest BCUT2D eigenvalue weighted by atomic mass is 15.3. The number of piperidine rings is 1. The zero-order valence-electron chi connectivity index (χ0n) is 16.2. The van der Waals surface area contributed by atoms with Gasteiger partial charge in [0.1, 0.15) is 11.6 Å². The van der Waals surface area contributed by atoms with E-state index in [0.29, 0.717) is 0 Å². The van der Waals surface area contributed by atoms with Gasteiger partial charge in [-0.3, -0.25) is 9.88 Å². The van der Waals surface area contributed by atoms with Crippen LogP contribution in [0.25, 0.3) is 10.9 Å². The van der Waals surface area contributed by atoms with E-state index in [9.17, 15) is 0 Å². The lowest BCUT2D eigenvalue weighted by atomic mass is 9.94.